The summed E-state index contributed by atoms with van der Waals surface area (Å²) < 4.78 is 5.77. The molecule has 4 unspecified atom stereocenters. The number of nitrogens with one attached hydrogen (secondary N) is 1. The molecule has 1 aliphatic rings. The van der Waals surface area contributed by atoms with Crippen LogP contribution in [-0.2, 0) is 11.3 Å². The number of ether oxygens (including phenoxy) is 1. The maximum Gasteiger partial charge on any atom is 0.407 e. The predicted octanol–water partition coefficient (Wildman–Crippen LogP) is 4.59. The van der Waals surface area contributed by atoms with E-state index in [-0.39, 0.29) is 29.2 Å². The third kappa shape index (κ3) is 3.84. The molecule has 1 amide bonds. The molecular weight excluding hydrogens is 312 g/mol. The summed E-state index contributed by atoms with van der Waals surface area (Å²) in [4.78, 5) is 14.5. The summed E-state index contributed by atoms with van der Waals surface area (Å²) in [5.41, 5.74) is 1.29. The van der Waals surface area contributed by atoms with Crippen LogP contribution < -0.4 is 5.32 Å². The number of benzene rings is 1. The van der Waals surface area contributed by atoms with Crippen LogP contribution in [0.5, 0.6) is 0 Å². The van der Waals surface area contributed by atoms with Crippen LogP contribution in [0.4, 0.5) is 4.79 Å². The highest BCUT2D eigenvalue weighted by molar-refractivity contribution is 5.66. The van der Waals surface area contributed by atoms with Crippen LogP contribution in [0.3, 0.4) is 0 Å². The Morgan fingerprint density at radius 2 is 1.88 bits per heavy atom. The molecule has 1 aromatic carbocycles. The summed E-state index contributed by atoms with van der Waals surface area (Å²) in [5.74, 6) is 0.262. The topological polar surface area (TPSA) is 41.6 Å². The van der Waals surface area contributed by atoms with E-state index >= 15 is 0 Å². The Hall–Kier alpha value is -1.55. The first-order chi connectivity index (χ1) is 11.8. The van der Waals surface area contributed by atoms with Crippen molar-refractivity contribution in [2.75, 3.05) is 7.05 Å². The van der Waals surface area contributed by atoms with Crippen LogP contribution >= 0.6 is 0 Å². The van der Waals surface area contributed by atoms with Crippen molar-refractivity contribution in [2.24, 2.45) is 5.92 Å². The van der Waals surface area contributed by atoms with Gasteiger partial charge in [0.1, 0.15) is 6.10 Å². The maximum atomic E-state index is 11.8. The second kappa shape index (κ2) is 7.77. The summed E-state index contributed by atoms with van der Waals surface area (Å²) in [7, 11) is 1.62. The minimum absolute atomic E-state index is 0.00814. The van der Waals surface area contributed by atoms with Crippen LogP contribution in [0.1, 0.15) is 59.4 Å². The van der Waals surface area contributed by atoms with Gasteiger partial charge < -0.3 is 10.1 Å². The lowest BCUT2D eigenvalue weighted by Crippen LogP contribution is -2.67. The van der Waals surface area contributed by atoms with Crippen molar-refractivity contribution in [1.82, 2.24) is 10.2 Å². The first kappa shape index (κ1) is 19.8. The molecule has 0 saturated carbocycles. The fraction of sp³-hybridized carbons (Fsp3) is 0.667. The van der Waals surface area contributed by atoms with Gasteiger partial charge in [-0.25, -0.2) is 4.79 Å². The molecule has 0 bridgehead atoms. The van der Waals surface area contributed by atoms with Gasteiger partial charge in [0.05, 0.1) is 0 Å². The zero-order chi connectivity index (χ0) is 18.7. The Morgan fingerprint density at radius 3 is 2.40 bits per heavy atom. The van der Waals surface area contributed by atoms with Crippen LogP contribution in [0.2, 0.25) is 0 Å². The molecule has 4 nitrogen and oxygen atoms in total. The quantitative estimate of drug-likeness (QED) is 0.848. The number of hydrogen-bond acceptors (Lipinski definition) is 3. The predicted molar refractivity (Wildman–Crippen MR) is 102 cm³/mol. The fourth-order valence-corrected chi connectivity index (χ4v) is 4.31. The van der Waals surface area contributed by atoms with Gasteiger partial charge in [-0.1, -0.05) is 51.1 Å². The van der Waals surface area contributed by atoms with Crippen LogP contribution in [0.15, 0.2) is 30.3 Å². The van der Waals surface area contributed by atoms with Crippen molar-refractivity contribution in [3.05, 3.63) is 35.9 Å². The lowest BCUT2D eigenvalue weighted by Gasteiger charge is -2.60. The van der Waals surface area contributed by atoms with Gasteiger partial charge in [-0.3, -0.25) is 4.90 Å². The van der Waals surface area contributed by atoms with Crippen LogP contribution in [-0.4, -0.2) is 35.2 Å². The molecule has 25 heavy (non-hydrogen) atoms. The molecule has 4 atom stereocenters. The molecule has 1 saturated heterocycles. The maximum absolute atomic E-state index is 11.8. The number of carbonyl (C=O) groups excluding carboxylic acids is 1. The number of carbonyl (C=O) groups is 1. The van der Waals surface area contributed by atoms with Gasteiger partial charge in [-0.2, -0.15) is 0 Å². The molecule has 140 valence electrons. The second-order valence-corrected chi connectivity index (χ2v) is 7.82. The molecule has 0 aliphatic carbocycles. The Labute approximate surface area is 152 Å². The zero-order valence-corrected chi connectivity index (χ0v) is 16.6. The number of rotatable bonds is 5. The number of nitrogens with zero attached hydrogens (tertiary/aromatic N) is 1. The van der Waals surface area contributed by atoms with E-state index in [1.165, 1.54) is 5.56 Å². The van der Waals surface area contributed by atoms with E-state index in [2.05, 4.69) is 75.2 Å². The zero-order valence-electron chi connectivity index (χ0n) is 16.6. The number of hydrogen-bond donors (Lipinski definition) is 1. The van der Waals surface area contributed by atoms with E-state index in [4.69, 9.17) is 4.74 Å². The Morgan fingerprint density at radius 1 is 1.24 bits per heavy atom. The largest absolute Gasteiger partial charge is 0.446 e. The van der Waals surface area contributed by atoms with E-state index in [9.17, 15) is 4.79 Å². The van der Waals surface area contributed by atoms with Crippen molar-refractivity contribution in [3.8, 4) is 0 Å². The molecule has 1 aromatic rings. The van der Waals surface area contributed by atoms with E-state index in [0.29, 0.717) is 0 Å². The highest BCUT2D eigenvalue weighted by Gasteiger charge is 2.53. The highest BCUT2D eigenvalue weighted by Crippen LogP contribution is 2.47. The standard InChI is InChI=1S/C21H34N2O2/c1-7-20(4)14-18(25-19(24)22-6)16(3)21(5,8-2)23(20)15-17-12-10-9-11-13-17/h9-13,16,18H,7-8,14-15H2,1-6H3,(H,22,24). The average molecular weight is 347 g/mol. The summed E-state index contributed by atoms with van der Waals surface area (Å²) in [5, 5.41) is 2.60. The Balaban J connectivity index is 2.37. The normalized spacial score (nSPS) is 33.0. The van der Waals surface area contributed by atoms with Gasteiger partial charge in [0.2, 0.25) is 0 Å². The molecule has 1 fully saturated rings. The van der Waals surface area contributed by atoms with E-state index in [1.807, 2.05) is 0 Å². The molecule has 1 aliphatic heterocycles. The molecule has 4 heteroatoms. The Bertz CT molecular complexity index is 577. The minimum Gasteiger partial charge on any atom is -0.446 e. The van der Waals surface area contributed by atoms with Gasteiger partial charge in [0, 0.05) is 37.0 Å². The SMILES string of the molecule is CCC1(C)CC(OC(=O)NC)C(C)C(C)(CC)N1Cc1ccccc1. The summed E-state index contributed by atoms with van der Waals surface area (Å²) in [6, 6.07) is 10.7. The van der Waals surface area contributed by atoms with Gasteiger partial charge in [0.25, 0.3) is 0 Å². The molecule has 0 aromatic heterocycles. The smallest absolute Gasteiger partial charge is 0.407 e. The van der Waals surface area contributed by atoms with E-state index < -0.39 is 0 Å². The number of amides is 1. The summed E-state index contributed by atoms with van der Waals surface area (Å²) >= 11 is 0. The third-order valence-electron chi connectivity index (χ3n) is 6.57. The molecule has 0 radical (unpaired) electrons. The third-order valence-corrected chi connectivity index (χ3v) is 6.57. The van der Waals surface area contributed by atoms with Gasteiger partial charge in [-0.05, 0) is 32.3 Å². The summed E-state index contributed by atoms with van der Waals surface area (Å²) in [6.07, 6.45) is 2.51. The van der Waals surface area contributed by atoms with Crippen LogP contribution in [0, 0.1) is 5.92 Å². The highest BCUT2D eigenvalue weighted by atomic mass is 16.6. The summed E-state index contributed by atoms with van der Waals surface area (Å²) in [6.45, 7) is 12.3. The van der Waals surface area contributed by atoms with Crippen LogP contribution in [0.25, 0.3) is 0 Å². The van der Waals surface area contributed by atoms with E-state index in [1.54, 1.807) is 7.05 Å². The lowest BCUT2D eigenvalue weighted by atomic mass is 9.67. The van der Waals surface area contributed by atoms with Crippen molar-refractivity contribution in [3.63, 3.8) is 0 Å². The van der Waals surface area contributed by atoms with Gasteiger partial charge in [-0.15, -0.1) is 0 Å². The minimum atomic E-state index is -0.328. The average Bonchev–Trinajstić information content (AvgIpc) is 2.64. The van der Waals surface area contributed by atoms with E-state index in [0.717, 1.165) is 25.8 Å². The van der Waals surface area contributed by atoms with Crippen molar-refractivity contribution < 1.29 is 9.53 Å². The number of likely N-dealkylation sites (tertiary alicyclic amines) is 1. The van der Waals surface area contributed by atoms with Gasteiger partial charge in [0.15, 0.2) is 0 Å². The first-order valence-corrected chi connectivity index (χ1v) is 9.50. The second-order valence-electron chi connectivity index (χ2n) is 7.82. The molecule has 2 rings (SSSR count). The number of piperidine rings is 1. The molecular formula is C21H34N2O2. The van der Waals surface area contributed by atoms with Crippen molar-refractivity contribution in [2.45, 2.75) is 77.6 Å². The monoisotopic (exact) mass is 346 g/mol. The lowest BCUT2D eigenvalue weighted by molar-refractivity contribution is -0.142. The van der Waals surface area contributed by atoms with Gasteiger partial charge >= 0.3 is 6.09 Å². The molecule has 0 spiro atoms. The fourth-order valence-electron chi connectivity index (χ4n) is 4.31. The molecule has 1 heterocycles. The van der Waals surface area contributed by atoms with Crippen molar-refractivity contribution >= 4 is 6.09 Å². The van der Waals surface area contributed by atoms with Crippen molar-refractivity contribution in [1.29, 1.82) is 0 Å². The Kier molecular flexibility index (Phi) is 6.15. The first-order valence-electron chi connectivity index (χ1n) is 9.50. The molecule has 1 N–H and O–H groups in total. The number of alkyl carbamates (subject to hydrolysis) is 1.